The van der Waals surface area contributed by atoms with Crippen molar-refractivity contribution in [3.63, 3.8) is 0 Å². The Hall–Kier alpha value is -1.56. The molecule has 0 fully saturated rings. The zero-order valence-corrected chi connectivity index (χ0v) is 15.5. The number of nitrogens with zero attached hydrogens (tertiary/aromatic N) is 2. The van der Waals surface area contributed by atoms with Crippen LogP contribution in [0.4, 0.5) is 0 Å². The van der Waals surface area contributed by atoms with Gasteiger partial charge in [-0.1, -0.05) is 29.3 Å². The quantitative estimate of drug-likeness (QED) is 0.482. The van der Waals surface area contributed by atoms with Gasteiger partial charge in [-0.3, -0.25) is 5.43 Å². The summed E-state index contributed by atoms with van der Waals surface area (Å²) >= 11 is 17.5. The largest absolute Gasteiger partial charge is 0.362 e. The number of aryl methyl sites for hydroxylation is 1. The molecular weight excluding hydrogens is 351 g/mol. The number of halogens is 2. The van der Waals surface area contributed by atoms with Crippen LogP contribution in [-0.2, 0) is 0 Å². The summed E-state index contributed by atoms with van der Waals surface area (Å²) in [5.41, 5.74) is 6.67. The van der Waals surface area contributed by atoms with Gasteiger partial charge >= 0.3 is 0 Å². The topological polar surface area (TPSA) is 41.4 Å². The van der Waals surface area contributed by atoms with Crippen LogP contribution in [0.15, 0.2) is 29.4 Å². The van der Waals surface area contributed by atoms with Crippen LogP contribution in [0, 0.1) is 13.8 Å². The third kappa shape index (κ3) is 4.05. The van der Waals surface area contributed by atoms with Crippen molar-refractivity contribution in [2.75, 3.05) is 6.54 Å². The molecule has 0 atom stereocenters. The molecule has 0 radical (unpaired) electrons. The molecule has 4 nitrogen and oxygen atoms in total. The standard InChI is InChI=1S/C16H18Cl2N4S/c1-4-19-16(23)21-20-9-12-8-10(2)22(11(12)3)14-7-5-6-13(17)15(14)18/h5-9H,4H2,1-3H3,(H2,19,21,23). The normalized spacial score (nSPS) is 11.0. The molecule has 2 aromatic rings. The zero-order valence-electron chi connectivity index (χ0n) is 13.2. The summed E-state index contributed by atoms with van der Waals surface area (Å²) in [7, 11) is 0. The molecule has 122 valence electrons. The first-order chi connectivity index (χ1) is 11.0. The van der Waals surface area contributed by atoms with Gasteiger partial charge in [0.05, 0.1) is 21.9 Å². The zero-order chi connectivity index (χ0) is 17.0. The predicted octanol–water partition coefficient (Wildman–Crippen LogP) is 4.22. The molecule has 0 unspecified atom stereocenters. The van der Waals surface area contributed by atoms with Crippen molar-refractivity contribution >= 4 is 46.7 Å². The van der Waals surface area contributed by atoms with Crippen LogP contribution in [0.5, 0.6) is 0 Å². The third-order valence-corrected chi connectivity index (χ3v) is 4.39. The van der Waals surface area contributed by atoms with E-state index in [1.807, 2.05) is 39.0 Å². The lowest BCUT2D eigenvalue weighted by atomic mass is 10.2. The highest BCUT2D eigenvalue weighted by Gasteiger charge is 2.13. The van der Waals surface area contributed by atoms with Gasteiger partial charge in [0.25, 0.3) is 0 Å². The Labute approximate surface area is 151 Å². The number of aromatic nitrogens is 1. The van der Waals surface area contributed by atoms with E-state index in [2.05, 4.69) is 20.4 Å². The molecule has 0 aliphatic carbocycles. The van der Waals surface area contributed by atoms with E-state index in [0.717, 1.165) is 29.2 Å². The van der Waals surface area contributed by atoms with Crippen molar-refractivity contribution in [1.29, 1.82) is 0 Å². The minimum absolute atomic E-state index is 0.496. The highest BCUT2D eigenvalue weighted by atomic mass is 35.5. The van der Waals surface area contributed by atoms with E-state index in [4.69, 9.17) is 35.4 Å². The summed E-state index contributed by atoms with van der Waals surface area (Å²) in [5.74, 6) is 0. The minimum Gasteiger partial charge on any atom is -0.362 e. The van der Waals surface area contributed by atoms with Crippen molar-refractivity contribution < 1.29 is 0 Å². The van der Waals surface area contributed by atoms with Gasteiger partial charge in [0.1, 0.15) is 0 Å². The molecule has 0 bridgehead atoms. The average molecular weight is 369 g/mol. The molecule has 23 heavy (non-hydrogen) atoms. The van der Waals surface area contributed by atoms with Gasteiger partial charge in [-0.05, 0) is 51.2 Å². The first-order valence-electron chi connectivity index (χ1n) is 7.16. The maximum Gasteiger partial charge on any atom is 0.186 e. The number of rotatable bonds is 4. The number of hydrogen-bond donors (Lipinski definition) is 2. The molecule has 1 aromatic heterocycles. The summed E-state index contributed by atoms with van der Waals surface area (Å²) in [6, 6.07) is 7.63. The number of hydrogen-bond acceptors (Lipinski definition) is 2. The fraction of sp³-hybridized carbons (Fsp3) is 0.250. The predicted molar refractivity (Wildman–Crippen MR) is 102 cm³/mol. The van der Waals surface area contributed by atoms with E-state index < -0.39 is 0 Å². The molecule has 2 rings (SSSR count). The maximum absolute atomic E-state index is 6.34. The lowest BCUT2D eigenvalue weighted by molar-refractivity contribution is 0.903. The van der Waals surface area contributed by atoms with Crippen molar-refractivity contribution in [1.82, 2.24) is 15.3 Å². The smallest absolute Gasteiger partial charge is 0.186 e. The Kier molecular flexibility index (Phi) is 6.04. The number of thiocarbonyl (C=S) groups is 1. The van der Waals surface area contributed by atoms with E-state index >= 15 is 0 Å². The molecule has 0 amide bonds. The molecule has 1 heterocycles. The Morgan fingerprint density at radius 3 is 2.78 bits per heavy atom. The number of nitrogens with one attached hydrogen (secondary N) is 2. The van der Waals surface area contributed by atoms with Gasteiger partial charge in [0.15, 0.2) is 5.11 Å². The average Bonchev–Trinajstić information content (AvgIpc) is 2.77. The van der Waals surface area contributed by atoms with Crippen LogP contribution in [-0.4, -0.2) is 22.4 Å². The lowest BCUT2D eigenvalue weighted by Crippen LogP contribution is -2.31. The Morgan fingerprint density at radius 1 is 1.35 bits per heavy atom. The first kappa shape index (κ1) is 17.8. The Balaban J connectivity index is 2.31. The van der Waals surface area contributed by atoms with Gasteiger partial charge in [-0.15, -0.1) is 0 Å². The van der Waals surface area contributed by atoms with Crippen LogP contribution >= 0.6 is 35.4 Å². The first-order valence-corrected chi connectivity index (χ1v) is 8.32. The fourth-order valence-corrected chi connectivity index (χ4v) is 2.89. The van der Waals surface area contributed by atoms with Gasteiger partial charge < -0.3 is 9.88 Å². The monoisotopic (exact) mass is 368 g/mol. The lowest BCUT2D eigenvalue weighted by Gasteiger charge is -2.12. The summed E-state index contributed by atoms with van der Waals surface area (Å²) < 4.78 is 2.05. The molecule has 0 saturated heterocycles. The van der Waals surface area contributed by atoms with Crippen LogP contribution in [0.1, 0.15) is 23.9 Å². The molecule has 0 spiro atoms. The van der Waals surface area contributed by atoms with Crippen LogP contribution < -0.4 is 10.7 Å². The van der Waals surface area contributed by atoms with Crippen LogP contribution in [0.25, 0.3) is 5.69 Å². The van der Waals surface area contributed by atoms with Crippen LogP contribution in [0.3, 0.4) is 0 Å². The van der Waals surface area contributed by atoms with E-state index in [1.54, 1.807) is 12.3 Å². The molecule has 1 aromatic carbocycles. The summed E-state index contributed by atoms with van der Waals surface area (Å²) in [5, 5.41) is 8.69. The Morgan fingerprint density at radius 2 is 2.09 bits per heavy atom. The summed E-state index contributed by atoms with van der Waals surface area (Å²) in [6.45, 7) is 6.75. The van der Waals surface area contributed by atoms with E-state index in [1.165, 1.54) is 0 Å². The van der Waals surface area contributed by atoms with E-state index in [9.17, 15) is 0 Å². The highest BCUT2D eigenvalue weighted by Crippen LogP contribution is 2.31. The van der Waals surface area contributed by atoms with Gasteiger partial charge in [-0.2, -0.15) is 5.10 Å². The molecule has 7 heteroatoms. The van der Waals surface area contributed by atoms with E-state index in [0.29, 0.717) is 15.2 Å². The highest BCUT2D eigenvalue weighted by molar-refractivity contribution is 7.80. The van der Waals surface area contributed by atoms with Gasteiger partial charge in [0.2, 0.25) is 0 Å². The number of benzene rings is 1. The second-order valence-corrected chi connectivity index (χ2v) is 6.16. The molecular formula is C16H18Cl2N4S. The van der Waals surface area contributed by atoms with E-state index in [-0.39, 0.29) is 0 Å². The van der Waals surface area contributed by atoms with Gasteiger partial charge in [0, 0.05) is 23.5 Å². The van der Waals surface area contributed by atoms with Crippen molar-refractivity contribution in [2.45, 2.75) is 20.8 Å². The molecule has 0 aliphatic heterocycles. The SMILES string of the molecule is CCNC(=S)NN=Cc1cc(C)n(-c2cccc(Cl)c2Cl)c1C. The summed E-state index contributed by atoms with van der Waals surface area (Å²) in [6.07, 6.45) is 1.74. The Bertz CT molecular complexity index is 753. The molecule has 2 N–H and O–H groups in total. The van der Waals surface area contributed by atoms with Gasteiger partial charge in [-0.25, -0.2) is 0 Å². The van der Waals surface area contributed by atoms with Crippen molar-refractivity contribution in [3.8, 4) is 5.69 Å². The molecule has 0 aliphatic rings. The number of hydrazone groups is 1. The van der Waals surface area contributed by atoms with Crippen molar-refractivity contribution in [2.24, 2.45) is 5.10 Å². The van der Waals surface area contributed by atoms with Crippen LogP contribution in [0.2, 0.25) is 10.0 Å². The second-order valence-electron chi connectivity index (χ2n) is 4.96. The molecule has 0 saturated carbocycles. The minimum atomic E-state index is 0.496. The fourth-order valence-electron chi connectivity index (χ4n) is 2.31. The maximum atomic E-state index is 6.34. The third-order valence-electron chi connectivity index (χ3n) is 3.35. The summed E-state index contributed by atoms with van der Waals surface area (Å²) in [4.78, 5) is 0. The second kappa shape index (κ2) is 7.81. The van der Waals surface area contributed by atoms with Crippen molar-refractivity contribution in [3.05, 3.63) is 51.3 Å².